The van der Waals surface area contributed by atoms with Gasteiger partial charge >= 0.3 is 5.97 Å². The molecule has 1 aromatic rings. The van der Waals surface area contributed by atoms with Crippen LogP contribution in [0.4, 0.5) is 0 Å². The molecule has 17 heavy (non-hydrogen) atoms. The van der Waals surface area contributed by atoms with Crippen LogP contribution < -0.4 is 0 Å². The average molecular weight is 274 g/mol. The molecule has 1 heterocycles. The molecule has 0 saturated heterocycles. The first-order chi connectivity index (χ1) is 7.95. The zero-order valence-corrected chi connectivity index (χ0v) is 10.7. The number of hydrogen-bond donors (Lipinski definition) is 2. The fourth-order valence-electron chi connectivity index (χ4n) is 2.31. The predicted molar refractivity (Wildman–Crippen MR) is 68.1 cm³/mol. The molecular weight excluding hydrogens is 261 g/mol. The van der Waals surface area contributed by atoms with Crippen molar-refractivity contribution in [1.29, 1.82) is 0 Å². The topological polar surface area (TPSA) is 53.1 Å². The van der Waals surface area contributed by atoms with Gasteiger partial charge in [-0.1, -0.05) is 6.08 Å². The third-order valence-electron chi connectivity index (χ3n) is 3.16. The summed E-state index contributed by atoms with van der Waals surface area (Å²) in [4.78, 5) is 13.8. The first kappa shape index (κ1) is 12.5. The van der Waals surface area contributed by atoms with Gasteiger partial charge in [0.1, 0.15) is 10.0 Å². The van der Waals surface area contributed by atoms with Crippen LogP contribution in [-0.2, 0) is 6.42 Å². The van der Waals surface area contributed by atoms with Crippen LogP contribution in [0.1, 0.15) is 40.5 Å². The SMILES string of the molecule is C=CCC1c2cc(C(=O)O)[nH]c2CCC1(Cl)Cl. The summed E-state index contributed by atoms with van der Waals surface area (Å²) < 4.78 is -0.848. The molecule has 0 radical (unpaired) electrons. The molecule has 1 aliphatic rings. The van der Waals surface area contributed by atoms with Crippen LogP contribution in [0, 0.1) is 0 Å². The van der Waals surface area contributed by atoms with E-state index in [9.17, 15) is 4.79 Å². The number of carbonyl (C=O) groups is 1. The number of carboxylic acids is 1. The van der Waals surface area contributed by atoms with Crippen molar-refractivity contribution in [2.45, 2.75) is 29.5 Å². The number of alkyl halides is 2. The number of aromatic nitrogens is 1. The van der Waals surface area contributed by atoms with E-state index in [0.29, 0.717) is 19.3 Å². The van der Waals surface area contributed by atoms with Gasteiger partial charge in [-0.25, -0.2) is 4.79 Å². The Morgan fingerprint density at radius 2 is 2.41 bits per heavy atom. The molecule has 2 N–H and O–H groups in total. The maximum Gasteiger partial charge on any atom is 0.352 e. The lowest BCUT2D eigenvalue weighted by Crippen LogP contribution is -2.29. The highest BCUT2D eigenvalue weighted by Gasteiger charge is 2.40. The Balaban J connectivity index is 2.45. The van der Waals surface area contributed by atoms with E-state index >= 15 is 0 Å². The van der Waals surface area contributed by atoms with Crippen molar-refractivity contribution in [1.82, 2.24) is 4.98 Å². The van der Waals surface area contributed by atoms with Gasteiger partial charge in [-0.05, 0) is 30.9 Å². The molecule has 5 heteroatoms. The fourth-order valence-corrected chi connectivity index (χ4v) is 2.91. The van der Waals surface area contributed by atoms with Crippen molar-refractivity contribution in [2.24, 2.45) is 0 Å². The Labute approximate surface area is 109 Å². The number of aromatic carboxylic acids is 1. The van der Waals surface area contributed by atoms with Crippen LogP contribution in [0.3, 0.4) is 0 Å². The summed E-state index contributed by atoms with van der Waals surface area (Å²) in [5, 5.41) is 8.96. The third-order valence-corrected chi connectivity index (χ3v) is 4.06. The Kier molecular flexibility index (Phi) is 3.23. The molecule has 0 aliphatic heterocycles. The lowest BCUT2D eigenvalue weighted by molar-refractivity contribution is 0.0691. The maximum absolute atomic E-state index is 10.9. The van der Waals surface area contributed by atoms with Gasteiger partial charge in [-0.15, -0.1) is 29.8 Å². The van der Waals surface area contributed by atoms with E-state index in [0.717, 1.165) is 11.3 Å². The van der Waals surface area contributed by atoms with Gasteiger partial charge in [0.05, 0.1) is 0 Å². The van der Waals surface area contributed by atoms with E-state index in [1.54, 1.807) is 12.1 Å². The molecule has 0 saturated carbocycles. The number of fused-ring (bicyclic) bond motifs is 1. The van der Waals surface area contributed by atoms with Gasteiger partial charge in [0.25, 0.3) is 0 Å². The number of H-pyrrole nitrogens is 1. The first-order valence-electron chi connectivity index (χ1n) is 5.39. The van der Waals surface area contributed by atoms with E-state index in [1.807, 2.05) is 0 Å². The average Bonchev–Trinajstić information content (AvgIpc) is 2.66. The lowest BCUT2D eigenvalue weighted by atomic mass is 9.83. The molecule has 2 rings (SSSR count). The predicted octanol–water partition coefficient (Wildman–Crippen LogP) is 3.49. The van der Waals surface area contributed by atoms with E-state index in [-0.39, 0.29) is 11.6 Å². The minimum atomic E-state index is -0.966. The Morgan fingerprint density at radius 3 is 3.00 bits per heavy atom. The number of rotatable bonds is 3. The number of nitrogens with one attached hydrogen (secondary N) is 1. The number of allylic oxidation sites excluding steroid dienone is 1. The van der Waals surface area contributed by atoms with Gasteiger partial charge in [0.2, 0.25) is 0 Å². The molecule has 0 amide bonds. The quantitative estimate of drug-likeness (QED) is 0.654. The molecule has 1 aliphatic carbocycles. The Hall–Kier alpha value is -0.930. The molecule has 1 atom stereocenters. The van der Waals surface area contributed by atoms with Crippen molar-refractivity contribution in [2.75, 3.05) is 0 Å². The summed E-state index contributed by atoms with van der Waals surface area (Å²) in [5.74, 6) is -1.07. The number of aromatic amines is 1. The summed E-state index contributed by atoms with van der Waals surface area (Å²) in [6.07, 6.45) is 3.67. The number of aryl methyl sites for hydroxylation is 1. The minimum absolute atomic E-state index is 0.101. The zero-order chi connectivity index (χ0) is 12.6. The molecule has 92 valence electrons. The van der Waals surface area contributed by atoms with E-state index in [4.69, 9.17) is 28.3 Å². The standard InChI is InChI=1S/C12H13Cl2NO2/c1-2-3-8-7-6-10(11(16)17)15-9(7)4-5-12(8,13)14/h2,6,8,15H,1,3-5H2,(H,16,17). The van der Waals surface area contributed by atoms with Crippen molar-refractivity contribution in [3.8, 4) is 0 Å². The molecule has 0 aromatic carbocycles. The lowest BCUT2D eigenvalue weighted by Gasteiger charge is -2.33. The minimum Gasteiger partial charge on any atom is -0.477 e. The molecule has 3 nitrogen and oxygen atoms in total. The highest BCUT2D eigenvalue weighted by molar-refractivity contribution is 6.49. The van der Waals surface area contributed by atoms with Gasteiger partial charge in [-0.2, -0.15) is 0 Å². The molecule has 0 bridgehead atoms. The smallest absolute Gasteiger partial charge is 0.352 e. The highest BCUT2D eigenvalue weighted by atomic mass is 35.5. The number of hydrogen-bond acceptors (Lipinski definition) is 1. The molecule has 1 unspecified atom stereocenters. The van der Waals surface area contributed by atoms with Gasteiger partial charge in [0.15, 0.2) is 0 Å². The Bertz CT molecular complexity index is 465. The summed E-state index contributed by atoms with van der Waals surface area (Å²) in [5.41, 5.74) is 2.01. The van der Waals surface area contributed by atoms with Crippen LogP contribution in [0.5, 0.6) is 0 Å². The number of carboxylic acid groups (broad SMARTS) is 1. The van der Waals surface area contributed by atoms with E-state index in [1.165, 1.54) is 0 Å². The fraction of sp³-hybridized carbons (Fsp3) is 0.417. The zero-order valence-electron chi connectivity index (χ0n) is 9.17. The van der Waals surface area contributed by atoms with Crippen LogP contribution in [0.2, 0.25) is 0 Å². The monoisotopic (exact) mass is 273 g/mol. The molecule has 0 fully saturated rings. The second-order valence-electron chi connectivity index (χ2n) is 4.26. The van der Waals surface area contributed by atoms with Crippen molar-refractivity contribution < 1.29 is 9.90 Å². The summed E-state index contributed by atoms with van der Waals surface area (Å²) in [7, 11) is 0. The van der Waals surface area contributed by atoms with Gasteiger partial charge in [-0.3, -0.25) is 0 Å². The van der Waals surface area contributed by atoms with Crippen molar-refractivity contribution in [3.05, 3.63) is 35.7 Å². The largest absolute Gasteiger partial charge is 0.477 e. The van der Waals surface area contributed by atoms with Crippen LogP contribution >= 0.6 is 23.2 Å². The van der Waals surface area contributed by atoms with Crippen LogP contribution in [0.25, 0.3) is 0 Å². The van der Waals surface area contributed by atoms with E-state index < -0.39 is 10.3 Å². The van der Waals surface area contributed by atoms with Crippen LogP contribution in [-0.4, -0.2) is 20.4 Å². The second-order valence-corrected chi connectivity index (χ2v) is 5.80. The normalized spacial score (nSPS) is 21.9. The maximum atomic E-state index is 10.9. The summed E-state index contributed by atoms with van der Waals surface area (Å²) in [6.45, 7) is 3.69. The molecule has 0 spiro atoms. The molecule has 1 aromatic heterocycles. The highest BCUT2D eigenvalue weighted by Crippen LogP contribution is 2.48. The van der Waals surface area contributed by atoms with Crippen molar-refractivity contribution >= 4 is 29.2 Å². The number of halogens is 2. The first-order valence-corrected chi connectivity index (χ1v) is 6.15. The van der Waals surface area contributed by atoms with Crippen LogP contribution in [0.15, 0.2) is 18.7 Å². The Morgan fingerprint density at radius 1 is 1.71 bits per heavy atom. The second kappa shape index (κ2) is 4.39. The van der Waals surface area contributed by atoms with Gasteiger partial charge < -0.3 is 10.1 Å². The third kappa shape index (κ3) is 2.22. The summed E-state index contributed by atoms with van der Waals surface area (Å²) >= 11 is 12.6. The van der Waals surface area contributed by atoms with Crippen molar-refractivity contribution in [3.63, 3.8) is 0 Å². The molecular formula is C12H13Cl2NO2. The van der Waals surface area contributed by atoms with E-state index in [2.05, 4.69) is 11.6 Å². The van der Waals surface area contributed by atoms with Gasteiger partial charge in [0, 0.05) is 11.6 Å². The summed E-state index contributed by atoms with van der Waals surface area (Å²) in [6, 6.07) is 1.63.